The molecule has 2 amide bonds. The number of benzene rings is 1. The first-order chi connectivity index (χ1) is 13.7. The summed E-state index contributed by atoms with van der Waals surface area (Å²) >= 11 is 5.70. The molecular formula is C16H20I3N3O7. The van der Waals surface area contributed by atoms with Crippen molar-refractivity contribution in [1.82, 2.24) is 8.85 Å². The summed E-state index contributed by atoms with van der Waals surface area (Å²) in [6, 6.07) is 1.50. The topological polar surface area (TPSA) is 143 Å². The maximum atomic E-state index is 12.0. The van der Waals surface area contributed by atoms with Gasteiger partial charge in [-0.25, -0.2) is 3.53 Å². The number of carbonyl (C=O) groups excluding carboxylic acids is 3. The molecule has 29 heavy (non-hydrogen) atoms. The largest absolute Gasteiger partial charge is 0.480 e. The van der Waals surface area contributed by atoms with Crippen LogP contribution in [0.3, 0.4) is 0 Å². The highest BCUT2D eigenvalue weighted by Gasteiger charge is 2.20. The van der Waals surface area contributed by atoms with E-state index >= 15 is 0 Å². The summed E-state index contributed by atoms with van der Waals surface area (Å²) in [6.07, 6.45) is 0.648. The number of carboxylic acids is 1. The molecule has 4 N–H and O–H groups in total. The summed E-state index contributed by atoms with van der Waals surface area (Å²) < 4.78 is 13.5. The number of aliphatic carboxylic acids is 1. The summed E-state index contributed by atoms with van der Waals surface area (Å²) in [4.78, 5) is 44.6. The van der Waals surface area contributed by atoms with Gasteiger partial charge in [-0.15, -0.1) is 0 Å². The lowest BCUT2D eigenvalue weighted by Gasteiger charge is -2.15. The summed E-state index contributed by atoms with van der Waals surface area (Å²) in [6.45, 7) is 0.580. The summed E-state index contributed by atoms with van der Waals surface area (Å²) in [5, 5.41) is 13.0. The molecule has 0 heterocycles. The SMILES string of the molecule is CNC(=O)c1cc(C=O)c(I)c(NC(=O)COCCOC)c1I.O=C(O)CNI. The minimum Gasteiger partial charge on any atom is -0.480 e. The van der Waals surface area contributed by atoms with Gasteiger partial charge in [-0.05, 0) is 51.2 Å². The van der Waals surface area contributed by atoms with Gasteiger partial charge in [0.1, 0.15) is 13.2 Å². The maximum Gasteiger partial charge on any atom is 0.318 e. The molecule has 0 atom stereocenters. The van der Waals surface area contributed by atoms with Crippen LogP contribution in [0.1, 0.15) is 20.7 Å². The van der Waals surface area contributed by atoms with Gasteiger partial charge in [0, 0.05) is 46.2 Å². The molecule has 10 nitrogen and oxygen atoms in total. The highest BCUT2D eigenvalue weighted by atomic mass is 127. The minimum absolute atomic E-state index is 0.0283. The van der Waals surface area contributed by atoms with E-state index in [1.54, 1.807) is 30.0 Å². The van der Waals surface area contributed by atoms with Crippen LogP contribution in [0.4, 0.5) is 5.69 Å². The van der Waals surface area contributed by atoms with Crippen molar-refractivity contribution in [3.05, 3.63) is 24.3 Å². The van der Waals surface area contributed by atoms with Crippen LogP contribution in [0.15, 0.2) is 6.07 Å². The van der Waals surface area contributed by atoms with Crippen molar-refractivity contribution < 1.29 is 33.8 Å². The fourth-order valence-corrected chi connectivity index (χ4v) is 4.03. The third-order valence-electron chi connectivity index (χ3n) is 2.97. The van der Waals surface area contributed by atoms with Crippen LogP contribution in [0.25, 0.3) is 0 Å². The normalized spacial score (nSPS) is 9.83. The molecule has 13 heteroatoms. The van der Waals surface area contributed by atoms with E-state index < -0.39 is 5.97 Å². The smallest absolute Gasteiger partial charge is 0.318 e. The molecule has 0 saturated heterocycles. The number of methoxy groups -OCH3 is 1. The van der Waals surface area contributed by atoms with E-state index in [9.17, 15) is 19.2 Å². The molecule has 1 aromatic rings. The number of carbonyl (C=O) groups is 4. The molecule has 0 radical (unpaired) electrons. The van der Waals surface area contributed by atoms with Gasteiger partial charge < -0.3 is 25.2 Å². The number of anilines is 1. The molecule has 1 rings (SSSR count). The van der Waals surface area contributed by atoms with E-state index in [1.165, 1.54) is 13.1 Å². The number of ether oxygens (including phenoxy) is 2. The summed E-state index contributed by atoms with van der Waals surface area (Å²) in [5.41, 5.74) is 1.08. The Bertz CT molecular complexity index is 732. The summed E-state index contributed by atoms with van der Waals surface area (Å²) in [5.74, 6) is -1.53. The lowest BCUT2D eigenvalue weighted by Crippen LogP contribution is -2.24. The number of carboxylic acid groups (broad SMARTS) is 1. The number of halogens is 3. The van der Waals surface area contributed by atoms with Gasteiger partial charge in [0.25, 0.3) is 5.91 Å². The van der Waals surface area contributed by atoms with Gasteiger partial charge in [-0.3, -0.25) is 19.2 Å². The van der Waals surface area contributed by atoms with Gasteiger partial charge in [-0.1, -0.05) is 0 Å². The average Bonchev–Trinajstić information content (AvgIpc) is 2.68. The Labute approximate surface area is 209 Å². The van der Waals surface area contributed by atoms with Crippen LogP contribution < -0.4 is 14.2 Å². The van der Waals surface area contributed by atoms with E-state index in [-0.39, 0.29) is 25.0 Å². The van der Waals surface area contributed by atoms with E-state index in [0.717, 1.165) is 0 Å². The molecule has 0 unspecified atom stereocenters. The number of nitrogens with one attached hydrogen (secondary N) is 3. The van der Waals surface area contributed by atoms with E-state index in [2.05, 4.69) is 14.2 Å². The zero-order valence-corrected chi connectivity index (χ0v) is 22.0. The highest BCUT2D eigenvalue weighted by molar-refractivity contribution is 14.1. The number of aldehydes is 1. The molecule has 162 valence electrons. The number of hydrogen-bond donors (Lipinski definition) is 4. The molecule has 1 aromatic carbocycles. The van der Waals surface area contributed by atoms with Gasteiger partial charge in [0.15, 0.2) is 6.29 Å². The van der Waals surface area contributed by atoms with Crippen molar-refractivity contribution in [2.75, 3.05) is 45.8 Å². The second-order valence-corrected chi connectivity index (χ2v) is 7.93. The molecule has 0 aliphatic carbocycles. The van der Waals surface area contributed by atoms with Crippen molar-refractivity contribution in [2.45, 2.75) is 0 Å². The Kier molecular flexibility index (Phi) is 15.8. The van der Waals surface area contributed by atoms with Crippen molar-refractivity contribution in [3.8, 4) is 0 Å². The van der Waals surface area contributed by atoms with Crippen molar-refractivity contribution in [1.29, 1.82) is 0 Å². The first-order valence-electron chi connectivity index (χ1n) is 7.84. The fourth-order valence-electron chi connectivity index (χ4n) is 1.69. The zero-order chi connectivity index (χ0) is 22.4. The third kappa shape index (κ3) is 10.8. The van der Waals surface area contributed by atoms with E-state index in [4.69, 9.17) is 14.6 Å². The predicted octanol–water partition coefficient (Wildman–Crippen LogP) is 1.68. The zero-order valence-electron chi connectivity index (χ0n) is 15.5. The first-order valence-corrected chi connectivity index (χ1v) is 11.1. The highest BCUT2D eigenvalue weighted by Crippen LogP contribution is 2.30. The van der Waals surface area contributed by atoms with Crippen molar-refractivity contribution >= 4 is 97.8 Å². The standard InChI is InChI=1S/C14H16I2N2O5.C2H4INO2/c1-17-14(21)9-5-8(6-19)11(15)13(12(9)16)18-10(20)7-23-4-3-22-2;3-4-1-2(5)6/h5-6H,3-4,7H2,1-2H3,(H,17,21)(H,18,20);4H,1H2,(H,5,6). The minimum atomic E-state index is -0.829. The van der Waals surface area contributed by atoms with Crippen molar-refractivity contribution in [3.63, 3.8) is 0 Å². The lowest BCUT2D eigenvalue weighted by molar-refractivity contribution is -0.135. The molecule has 0 saturated carbocycles. The van der Waals surface area contributed by atoms with E-state index in [0.29, 0.717) is 43.5 Å². The second-order valence-electron chi connectivity index (χ2n) is 5.01. The Morgan fingerprint density at radius 2 is 1.86 bits per heavy atom. The Morgan fingerprint density at radius 3 is 2.31 bits per heavy atom. The Hall–Kier alpha value is -0.630. The molecule has 0 aliphatic heterocycles. The molecule has 0 spiro atoms. The summed E-state index contributed by atoms with van der Waals surface area (Å²) in [7, 11) is 3.04. The van der Waals surface area contributed by atoms with Gasteiger partial charge in [0.05, 0.1) is 28.0 Å². The number of rotatable bonds is 10. The Morgan fingerprint density at radius 1 is 1.21 bits per heavy atom. The van der Waals surface area contributed by atoms with Gasteiger partial charge in [-0.2, -0.15) is 0 Å². The quantitative estimate of drug-likeness (QED) is 0.123. The lowest BCUT2D eigenvalue weighted by atomic mass is 10.1. The second kappa shape index (κ2) is 16.1. The monoisotopic (exact) mass is 747 g/mol. The maximum absolute atomic E-state index is 12.0. The molecule has 0 bridgehead atoms. The molecule has 0 aromatic heterocycles. The molecule has 0 aliphatic rings. The van der Waals surface area contributed by atoms with Crippen LogP contribution in [0.2, 0.25) is 0 Å². The van der Waals surface area contributed by atoms with Crippen LogP contribution in [-0.2, 0) is 19.1 Å². The van der Waals surface area contributed by atoms with Crippen LogP contribution in [-0.4, -0.2) is 69.7 Å². The van der Waals surface area contributed by atoms with Crippen LogP contribution in [0, 0.1) is 7.14 Å². The number of amides is 2. The van der Waals surface area contributed by atoms with Gasteiger partial charge >= 0.3 is 5.97 Å². The first kappa shape index (κ1) is 28.4. The van der Waals surface area contributed by atoms with Crippen molar-refractivity contribution in [2.24, 2.45) is 0 Å². The van der Waals surface area contributed by atoms with E-state index in [1.807, 2.05) is 45.2 Å². The molecule has 0 fully saturated rings. The Balaban J connectivity index is 0.00000113. The van der Waals surface area contributed by atoms with Crippen LogP contribution >= 0.6 is 68.0 Å². The predicted molar refractivity (Wildman–Crippen MR) is 132 cm³/mol. The third-order valence-corrected chi connectivity index (χ3v) is 5.64. The van der Waals surface area contributed by atoms with Crippen LogP contribution in [0.5, 0.6) is 0 Å². The fraction of sp³-hybridized carbons (Fsp3) is 0.375. The number of hydrogen-bond acceptors (Lipinski definition) is 7. The average molecular weight is 747 g/mol. The van der Waals surface area contributed by atoms with Gasteiger partial charge in [0.2, 0.25) is 5.91 Å². The molecular weight excluding hydrogens is 727 g/mol.